The molecule has 11 heteroatoms. The maximum absolute atomic E-state index is 12.9. The summed E-state index contributed by atoms with van der Waals surface area (Å²) in [5, 5.41) is 11.3. The lowest BCUT2D eigenvalue weighted by molar-refractivity contribution is -0.107. The molecule has 2 aliphatic heterocycles. The Kier molecular flexibility index (Phi) is 4.41. The molecule has 1 N–H and O–H groups in total. The number of hydrogen-bond donors (Lipinski definition) is 1. The molecule has 148 valence electrons. The third-order valence-electron chi connectivity index (χ3n) is 4.80. The molecule has 6 atom stereocenters. The van der Waals surface area contributed by atoms with Gasteiger partial charge in [-0.05, 0) is 34.6 Å². The molecule has 0 spiro atoms. The Balaban J connectivity index is 1.72. The summed E-state index contributed by atoms with van der Waals surface area (Å²) in [4.78, 5) is 12.7. The molecule has 0 radical (unpaired) electrons. The van der Waals surface area contributed by atoms with Gasteiger partial charge in [0, 0.05) is 0 Å². The summed E-state index contributed by atoms with van der Waals surface area (Å²) in [5.41, 5.74) is 0.342. The van der Waals surface area contributed by atoms with E-state index in [9.17, 15) is 9.67 Å². The van der Waals surface area contributed by atoms with Crippen molar-refractivity contribution < 1.29 is 28.0 Å². The highest BCUT2D eigenvalue weighted by Crippen LogP contribution is 2.61. The minimum absolute atomic E-state index is 0.361. The summed E-state index contributed by atoms with van der Waals surface area (Å²) >= 11 is 0. The SMILES string of the molecule is Cc1ncnc2c1ncn2[C@@H]1O[C@@H]2C(C)OP(=O)(OC(C)C)O[C@H]2[C@@]1(C)O. The number of aliphatic hydroxyl groups is 1. The minimum Gasteiger partial charge on any atom is -0.383 e. The van der Waals surface area contributed by atoms with Crippen LogP contribution in [0.5, 0.6) is 0 Å². The van der Waals surface area contributed by atoms with Crippen molar-refractivity contribution in [2.45, 2.75) is 70.9 Å². The number of aryl methyl sites for hydroxylation is 1. The van der Waals surface area contributed by atoms with Crippen LogP contribution in [-0.2, 0) is 22.9 Å². The van der Waals surface area contributed by atoms with Gasteiger partial charge in [0.1, 0.15) is 29.7 Å². The van der Waals surface area contributed by atoms with E-state index in [1.807, 2.05) is 6.92 Å². The molecule has 0 amide bonds. The van der Waals surface area contributed by atoms with Gasteiger partial charge >= 0.3 is 7.82 Å². The number of phosphoric ester groups is 1. The largest absolute Gasteiger partial charge is 0.475 e. The molecule has 10 nitrogen and oxygen atoms in total. The van der Waals surface area contributed by atoms with Crippen LogP contribution in [0.4, 0.5) is 0 Å². The van der Waals surface area contributed by atoms with Crippen molar-refractivity contribution in [1.29, 1.82) is 0 Å². The predicted molar refractivity (Wildman–Crippen MR) is 93.8 cm³/mol. The Morgan fingerprint density at radius 2 is 2.07 bits per heavy atom. The number of imidazole rings is 1. The molecule has 0 aliphatic carbocycles. The Bertz CT molecular complexity index is 915. The second-order valence-electron chi connectivity index (χ2n) is 7.40. The molecule has 0 bridgehead atoms. The van der Waals surface area contributed by atoms with Gasteiger partial charge in [-0.3, -0.25) is 18.1 Å². The van der Waals surface area contributed by atoms with Gasteiger partial charge in [0.05, 0.1) is 24.2 Å². The first-order valence-electron chi connectivity index (χ1n) is 8.79. The average Bonchev–Trinajstić information content (AvgIpc) is 3.07. The quantitative estimate of drug-likeness (QED) is 0.776. The van der Waals surface area contributed by atoms with Crippen LogP contribution in [0.15, 0.2) is 12.7 Å². The first kappa shape index (κ1) is 18.9. The zero-order chi connectivity index (χ0) is 19.6. The molecular formula is C16H23N4O6P. The molecular weight excluding hydrogens is 375 g/mol. The van der Waals surface area contributed by atoms with Crippen molar-refractivity contribution in [2.75, 3.05) is 0 Å². The van der Waals surface area contributed by atoms with E-state index in [1.165, 1.54) is 6.33 Å². The monoisotopic (exact) mass is 398 g/mol. The zero-order valence-corrected chi connectivity index (χ0v) is 16.7. The normalized spacial score (nSPS) is 39.2. The molecule has 2 aromatic rings. The van der Waals surface area contributed by atoms with Gasteiger partial charge in [0.15, 0.2) is 11.9 Å². The van der Waals surface area contributed by atoms with Crippen LogP contribution in [0.3, 0.4) is 0 Å². The number of fused-ring (bicyclic) bond motifs is 2. The lowest BCUT2D eigenvalue weighted by Crippen LogP contribution is -2.50. The van der Waals surface area contributed by atoms with Crippen molar-refractivity contribution in [3.63, 3.8) is 0 Å². The van der Waals surface area contributed by atoms with Gasteiger partial charge in [-0.2, -0.15) is 0 Å². The van der Waals surface area contributed by atoms with E-state index in [4.69, 9.17) is 18.3 Å². The number of ether oxygens (including phenoxy) is 1. The van der Waals surface area contributed by atoms with E-state index >= 15 is 0 Å². The van der Waals surface area contributed by atoms with E-state index in [0.29, 0.717) is 11.2 Å². The van der Waals surface area contributed by atoms with Crippen molar-refractivity contribution >= 4 is 19.0 Å². The van der Waals surface area contributed by atoms with Crippen LogP contribution in [0.2, 0.25) is 0 Å². The van der Waals surface area contributed by atoms with Gasteiger partial charge in [-0.15, -0.1) is 0 Å². The molecule has 4 heterocycles. The van der Waals surface area contributed by atoms with Crippen LogP contribution in [0, 0.1) is 6.92 Å². The first-order valence-corrected chi connectivity index (χ1v) is 10.3. The summed E-state index contributed by atoms with van der Waals surface area (Å²) in [6, 6.07) is 0. The van der Waals surface area contributed by atoms with Gasteiger partial charge in [0.25, 0.3) is 0 Å². The number of phosphoric acid groups is 1. The molecule has 2 aliphatic rings. The number of rotatable bonds is 3. The van der Waals surface area contributed by atoms with Gasteiger partial charge in [-0.25, -0.2) is 19.5 Å². The van der Waals surface area contributed by atoms with Crippen LogP contribution in [-0.4, -0.2) is 54.6 Å². The summed E-state index contributed by atoms with van der Waals surface area (Å²) in [7, 11) is -3.83. The van der Waals surface area contributed by atoms with Crippen LogP contribution in [0.25, 0.3) is 11.2 Å². The van der Waals surface area contributed by atoms with E-state index < -0.39 is 38.0 Å². The Labute approximate surface area is 156 Å². The highest BCUT2D eigenvalue weighted by Gasteiger charge is 2.62. The summed E-state index contributed by atoms with van der Waals surface area (Å²) < 4.78 is 37.0. The predicted octanol–water partition coefficient (Wildman–Crippen LogP) is 2.12. The van der Waals surface area contributed by atoms with E-state index in [0.717, 1.165) is 5.69 Å². The smallest absolute Gasteiger partial charge is 0.383 e. The highest BCUT2D eigenvalue weighted by molar-refractivity contribution is 7.48. The van der Waals surface area contributed by atoms with E-state index in [2.05, 4.69) is 15.0 Å². The summed E-state index contributed by atoms with van der Waals surface area (Å²) in [6.45, 7) is 8.57. The maximum atomic E-state index is 12.9. The van der Waals surface area contributed by atoms with E-state index in [1.54, 1.807) is 38.6 Å². The molecule has 0 saturated carbocycles. The molecule has 27 heavy (non-hydrogen) atoms. The van der Waals surface area contributed by atoms with Crippen LogP contribution in [0.1, 0.15) is 39.6 Å². The van der Waals surface area contributed by atoms with Crippen LogP contribution < -0.4 is 0 Å². The summed E-state index contributed by atoms with van der Waals surface area (Å²) in [5.74, 6) is 0. The van der Waals surface area contributed by atoms with Crippen molar-refractivity contribution in [3.05, 3.63) is 18.3 Å². The van der Waals surface area contributed by atoms with Gasteiger partial charge in [-0.1, -0.05) is 0 Å². The number of aromatic nitrogens is 4. The Hall–Kier alpha value is -1.42. The lowest BCUT2D eigenvalue weighted by atomic mass is 9.94. The fourth-order valence-corrected chi connectivity index (χ4v) is 5.38. The van der Waals surface area contributed by atoms with Crippen molar-refractivity contribution in [1.82, 2.24) is 19.5 Å². The fraction of sp³-hybridized carbons (Fsp3) is 0.688. The first-order chi connectivity index (χ1) is 12.6. The van der Waals surface area contributed by atoms with Gasteiger partial charge < -0.3 is 9.84 Å². The molecule has 2 aromatic heterocycles. The summed E-state index contributed by atoms with van der Waals surface area (Å²) in [6.07, 6.45) is -0.392. The molecule has 0 aromatic carbocycles. The Morgan fingerprint density at radius 3 is 2.78 bits per heavy atom. The van der Waals surface area contributed by atoms with Crippen LogP contribution >= 0.6 is 7.82 Å². The van der Waals surface area contributed by atoms with Crippen molar-refractivity contribution in [2.24, 2.45) is 0 Å². The second-order valence-corrected chi connectivity index (χ2v) is 8.93. The third kappa shape index (κ3) is 3.00. The molecule has 2 fully saturated rings. The second kappa shape index (κ2) is 6.30. The van der Waals surface area contributed by atoms with E-state index in [-0.39, 0.29) is 6.10 Å². The number of nitrogens with zero attached hydrogens (tertiary/aromatic N) is 4. The van der Waals surface area contributed by atoms with Crippen molar-refractivity contribution in [3.8, 4) is 0 Å². The number of hydrogen-bond acceptors (Lipinski definition) is 9. The topological polar surface area (TPSA) is 118 Å². The molecule has 4 rings (SSSR count). The third-order valence-corrected chi connectivity index (χ3v) is 6.55. The maximum Gasteiger partial charge on any atom is 0.475 e. The van der Waals surface area contributed by atoms with Gasteiger partial charge in [0.2, 0.25) is 0 Å². The lowest BCUT2D eigenvalue weighted by Gasteiger charge is -2.38. The molecule has 2 saturated heterocycles. The minimum atomic E-state index is -3.83. The zero-order valence-electron chi connectivity index (χ0n) is 15.8. The average molecular weight is 398 g/mol. The standard InChI is InChI=1S/C16H23N4O6P/c1-8(2)24-27(22)25-10(4)12-13(26-27)16(5,21)15(23-12)20-7-19-11-9(3)17-6-18-14(11)20/h6-8,10,12-13,15,21H,1-5H3/t10?,12-,13-,15-,16-,27?/m1/s1. The Morgan fingerprint density at radius 1 is 1.33 bits per heavy atom. The molecule has 2 unspecified atom stereocenters. The highest BCUT2D eigenvalue weighted by atomic mass is 31.2. The fourth-order valence-electron chi connectivity index (χ4n) is 3.58.